The first kappa shape index (κ1) is 23.2. The van der Waals surface area contributed by atoms with Crippen molar-refractivity contribution in [3.8, 4) is 11.1 Å². The molecule has 0 saturated heterocycles. The van der Waals surface area contributed by atoms with Crippen molar-refractivity contribution in [1.82, 2.24) is 14.0 Å². The number of halogens is 3. The van der Waals surface area contributed by atoms with Crippen molar-refractivity contribution >= 4 is 28.5 Å². The molecule has 176 valence electrons. The summed E-state index contributed by atoms with van der Waals surface area (Å²) in [6.45, 7) is 1.84. The zero-order valence-electron chi connectivity index (χ0n) is 18.1. The molecule has 4 rings (SSSR count). The summed E-state index contributed by atoms with van der Waals surface area (Å²) in [5.74, 6) is -4.13. The fourth-order valence-corrected chi connectivity index (χ4v) is 3.94. The van der Waals surface area contributed by atoms with Crippen molar-refractivity contribution < 1.29 is 27.5 Å². The number of alkyl halides is 3. The molecule has 2 N–H and O–H groups in total. The Hall–Kier alpha value is -3.99. The molecule has 4 aromatic rings. The first-order valence-electron chi connectivity index (χ1n) is 10.1. The Morgan fingerprint density at radius 2 is 1.88 bits per heavy atom. The van der Waals surface area contributed by atoms with E-state index >= 15 is 0 Å². The number of hydrogen-bond acceptors (Lipinski definition) is 6. The van der Waals surface area contributed by atoms with E-state index in [0.717, 1.165) is 16.5 Å². The van der Waals surface area contributed by atoms with E-state index in [1.807, 2.05) is 31.2 Å². The topological polar surface area (TPSA) is 109 Å². The minimum atomic E-state index is -5.31. The van der Waals surface area contributed by atoms with Crippen LogP contribution in [-0.4, -0.2) is 38.1 Å². The molecule has 0 aliphatic carbocycles. The summed E-state index contributed by atoms with van der Waals surface area (Å²) in [7, 11) is 1.68. The Bertz CT molecular complexity index is 1500. The second kappa shape index (κ2) is 8.41. The third-order valence-corrected chi connectivity index (χ3v) is 5.62. The van der Waals surface area contributed by atoms with Crippen molar-refractivity contribution in [2.24, 2.45) is 12.8 Å². The maximum Gasteiger partial charge on any atom is 0.491 e. The van der Waals surface area contributed by atoms with Gasteiger partial charge in [-0.1, -0.05) is 18.2 Å². The van der Waals surface area contributed by atoms with Crippen LogP contribution < -0.4 is 11.3 Å². The third kappa shape index (κ3) is 3.94. The van der Waals surface area contributed by atoms with Crippen molar-refractivity contribution in [1.29, 1.82) is 0 Å². The van der Waals surface area contributed by atoms with Crippen LogP contribution in [-0.2, 0) is 27.8 Å². The van der Waals surface area contributed by atoms with Gasteiger partial charge in [-0.3, -0.25) is 4.79 Å². The zero-order valence-corrected chi connectivity index (χ0v) is 18.1. The molecule has 3 heterocycles. The van der Waals surface area contributed by atoms with Gasteiger partial charge in [0.2, 0.25) is 0 Å². The van der Waals surface area contributed by atoms with Crippen LogP contribution in [0.25, 0.3) is 27.7 Å². The summed E-state index contributed by atoms with van der Waals surface area (Å²) in [5, 5.41) is 0.896. The van der Waals surface area contributed by atoms with E-state index in [4.69, 9.17) is 5.73 Å². The highest BCUT2D eigenvalue weighted by molar-refractivity contribution is 5.92. The lowest BCUT2D eigenvalue weighted by Gasteiger charge is -2.16. The number of ether oxygens (including phenoxy) is 1. The number of aromatic nitrogens is 3. The molecule has 0 amide bonds. The van der Waals surface area contributed by atoms with Crippen LogP contribution in [0.4, 0.5) is 13.2 Å². The predicted molar refractivity (Wildman–Crippen MR) is 117 cm³/mol. The van der Waals surface area contributed by atoms with Crippen LogP contribution in [0, 0.1) is 6.92 Å². The van der Waals surface area contributed by atoms with Crippen molar-refractivity contribution in [3.63, 3.8) is 0 Å². The summed E-state index contributed by atoms with van der Waals surface area (Å²) in [6, 6.07) is 9.20. The number of aryl methyl sites for hydroxylation is 2. The summed E-state index contributed by atoms with van der Waals surface area (Å²) >= 11 is 0. The predicted octanol–water partition coefficient (Wildman–Crippen LogP) is 2.66. The van der Waals surface area contributed by atoms with Gasteiger partial charge in [0.1, 0.15) is 11.7 Å². The summed E-state index contributed by atoms with van der Waals surface area (Å²) < 4.78 is 44.0. The van der Waals surface area contributed by atoms with Crippen molar-refractivity contribution in [3.05, 3.63) is 70.4 Å². The summed E-state index contributed by atoms with van der Waals surface area (Å²) in [5.41, 5.74) is 8.84. The lowest BCUT2D eigenvalue weighted by molar-refractivity contribution is -0.202. The van der Waals surface area contributed by atoms with E-state index < -0.39 is 24.2 Å². The van der Waals surface area contributed by atoms with Crippen LogP contribution in [0.5, 0.6) is 0 Å². The molecule has 34 heavy (non-hydrogen) atoms. The maximum absolute atomic E-state index is 13.2. The molecule has 3 aromatic heterocycles. The smallest absolute Gasteiger partial charge is 0.385 e. The number of imidazole rings is 1. The van der Waals surface area contributed by atoms with Crippen molar-refractivity contribution in [2.75, 3.05) is 0 Å². The molecule has 0 aliphatic heterocycles. The number of carbonyl (C=O) groups is 2. The first-order chi connectivity index (χ1) is 16.0. The molecule has 0 bridgehead atoms. The minimum Gasteiger partial charge on any atom is -0.385 e. The van der Waals surface area contributed by atoms with Crippen LogP contribution in [0.1, 0.15) is 11.3 Å². The lowest BCUT2D eigenvalue weighted by atomic mass is 9.98. The minimum absolute atomic E-state index is 0.222. The summed E-state index contributed by atoms with van der Waals surface area (Å²) in [6.07, 6.45) is -2.47. The van der Waals surface area contributed by atoms with Crippen LogP contribution in [0.15, 0.2) is 53.6 Å². The normalized spacial score (nSPS) is 12.8. The number of benzene rings is 1. The highest BCUT2D eigenvalue weighted by Crippen LogP contribution is 2.29. The molecule has 0 unspecified atom stereocenters. The van der Waals surface area contributed by atoms with Gasteiger partial charge in [-0.25, -0.2) is 14.6 Å². The standard InChI is InChI=1S/C23H19F3N4O4/c1-12-14-5-3-4-6-17(14)29(2)20(31)18(12)15-8-7-13(30-10-9-28-19(15)30)11-16(27)21(32)34-22(33)23(24,25)26/h3-10,16H,11,27H2,1-2H3/t16-/m0/s1. The first-order valence-corrected chi connectivity index (χ1v) is 10.1. The highest BCUT2D eigenvalue weighted by Gasteiger charge is 2.43. The van der Waals surface area contributed by atoms with E-state index in [-0.39, 0.29) is 12.0 Å². The van der Waals surface area contributed by atoms with E-state index in [2.05, 4.69) is 9.72 Å². The average Bonchev–Trinajstić information content (AvgIpc) is 3.28. The number of para-hydroxylation sites is 1. The Labute approximate surface area is 190 Å². The molecule has 8 nitrogen and oxygen atoms in total. The van der Waals surface area contributed by atoms with E-state index in [1.165, 1.54) is 6.20 Å². The maximum atomic E-state index is 13.2. The Balaban J connectivity index is 1.74. The van der Waals surface area contributed by atoms with Gasteiger partial charge in [0, 0.05) is 42.5 Å². The molecular formula is C23H19F3N4O4. The lowest BCUT2D eigenvalue weighted by Crippen LogP contribution is -2.39. The van der Waals surface area contributed by atoms with Crippen LogP contribution in [0.2, 0.25) is 0 Å². The van der Waals surface area contributed by atoms with Gasteiger partial charge in [0.15, 0.2) is 0 Å². The van der Waals surface area contributed by atoms with Crippen LogP contribution >= 0.6 is 0 Å². The molecule has 0 saturated carbocycles. The molecule has 1 atom stereocenters. The number of rotatable bonds is 4. The third-order valence-electron chi connectivity index (χ3n) is 5.62. The van der Waals surface area contributed by atoms with Gasteiger partial charge in [-0.2, -0.15) is 13.2 Å². The molecule has 0 spiro atoms. The number of carbonyl (C=O) groups excluding carboxylic acids is 2. The van der Waals surface area contributed by atoms with Gasteiger partial charge in [-0.15, -0.1) is 0 Å². The van der Waals surface area contributed by atoms with Gasteiger partial charge in [-0.05, 0) is 30.7 Å². The molecule has 1 aromatic carbocycles. The highest BCUT2D eigenvalue weighted by atomic mass is 19.4. The number of hydrogen-bond donors (Lipinski definition) is 1. The van der Waals surface area contributed by atoms with E-state index in [0.29, 0.717) is 22.5 Å². The molecule has 0 aliphatic rings. The monoisotopic (exact) mass is 472 g/mol. The van der Waals surface area contributed by atoms with Crippen LogP contribution in [0.3, 0.4) is 0 Å². The van der Waals surface area contributed by atoms with Gasteiger partial charge in [0.25, 0.3) is 5.56 Å². The number of pyridine rings is 2. The SMILES string of the molecule is Cc1c(-c2ccc(C[C@H](N)C(=O)OC(=O)C(F)(F)F)n3ccnc23)c(=O)n(C)c2ccccc12. The second-order valence-electron chi connectivity index (χ2n) is 7.76. The zero-order chi connectivity index (χ0) is 24.8. The fraction of sp³-hybridized carbons (Fsp3) is 0.217. The van der Waals surface area contributed by atoms with E-state index in [1.54, 1.807) is 34.3 Å². The molecule has 0 fully saturated rings. The van der Waals surface area contributed by atoms with Gasteiger partial charge >= 0.3 is 18.1 Å². The van der Waals surface area contributed by atoms with Gasteiger partial charge < -0.3 is 19.4 Å². The Morgan fingerprint density at radius 1 is 1.18 bits per heavy atom. The Morgan fingerprint density at radius 3 is 2.59 bits per heavy atom. The van der Waals surface area contributed by atoms with Gasteiger partial charge in [0.05, 0.1) is 11.1 Å². The van der Waals surface area contributed by atoms with E-state index in [9.17, 15) is 27.6 Å². The molecule has 0 radical (unpaired) electrons. The number of nitrogens with zero attached hydrogens (tertiary/aromatic N) is 3. The van der Waals surface area contributed by atoms with Crippen molar-refractivity contribution in [2.45, 2.75) is 25.6 Å². The average molecular weight is 472 g/mol. The number of nitrogens with two attached hydrogens (primary N) is 1. The second-order valence-corrected chi connectivity index (χ2v) is 7.76. The molecular weight excluding hydrogens is 453 g/mol. The fourth-order valence-electron chi connectivity index (χ4n) is 3.94. The quantitative estimate of drug-likeness (QED) is 0.361. The largest absolute Gasteiger partial charge is 0.491 e. The number of esters is 2. The molecule has 11 heteroatoms. The Kier molecular flexibility index (Phi) is 5.74. The summed E-state index contributed by atoms with van der Waals surface area (Å²) in [4.78, 5) is 40.4. The number of fused-ring (bicyclic) bond motifs is 2.